The van der Waals surface area contributed by atoms with Gasteiger partial charge >= 0.3 is 5.97 Å². The molecule has 1 aromatic rings. The molecule has 1 aliphatic rings. The number of hydrogen-bond donors (Lipinski definition) is 1. The lowest BCUT2D eigenvalue weighted by atomic mass is 9.87. The van der Waals surface area contributed by atoms with Gasteiger partial charge in [-0.05, 0) is 31.2 Å². The first-order valence-electron chi connectivity index (χ1n) is 6.66. The Kier molecular flexibility index (Phi) is 4.02. The van der Waals surface area contributed by atoms with Crippen LogP contribution in [0.25, 0.3) is 0 Å². The van der Waals surface area contributed by atoms with Gasteiger partial charge in [-0.2, -0.15) is 0 Å². The predicted octanol–water partition coefficient (Wildman–Crippen LogP) is 3.34. The Bertz CT molecular complexity index is 397. The summed E-state index contributed by atoms with van der Waals surface area (Å²) >= 11 is 0. The smallest absolute Gasteiger partial charge is 0.340 e. The van der Waals surface area contributed by atoms with Crippen molar-refractivity contribution in [3.8, 4) is 0 Å². The van der Waals surface area contributed by atoms with Crippen LogP contribution in [-0.4, -0.2) is 17.2 Å². The summed E-state index contributed by atoms with van der Waals surface area (Å²) in [7, 11) is 0. The SMILES string of the molecule is CCCC(OC1CCC1)(C(=O)O)c1ccccc1. The third kappa shape index (κ3) is 2.41. The molecule has 3 nitrogen and oxygen atoms in total. The molecular weight excluding hydrogens is 228 g/mol. The molecule has 98 valence electrons. The number of carboxylic acids is 1. The minimum atomic E-state index is -1.17. The molecule has 0 aliphatic heterocycles. The summed E-state index contributed by atoms with van der Waals surface area (Å²) < 4.78 is 5.96. The molecule has 3 heteroatoms. The summed E-state index contributed by atoms with van der Waals surface area (Å²) in [6.07, 6.45) is 4.50. The summed E-state index contributed by atoms with van der Waals surface area (Å²) in [5.41, 5.74) is -0.410. The first-order valence-corrected chi connectivity index (χ1v) is 6.66. The second-order valence-electron chi connectivity index (χ2n) is 4.92. The monoisotopic (exact) mass is 248 g/mol. The minimum absolute atomic E-state index is 0.104. The van der Waals surface area contributed by atoms with Gasteiger partial charge in [0.05, 0.1) is 6.10 Å². The van der Waals surface area contributed by atoms with Crippen molar-refractivity contribution >= 4 is 5.97 Å². The number of rotatable bonds is 6. The van der Waals surface area contributed by atoms with Crippen molar-refractivity contribution in [1.82, 2.24) is 0 Å². The number of hydrogen-bond acceptors (Lipinski definition) is 2. The highest BCUT2D eigenvalue weighted by molar-refractivity contribution is 5.79. The third-order valence-corrected chi connectivity index (χ3v) is 3.61. The molecule has 0 bridgehead atoms. The zero-order valence-electron chi connectivity index (χ0n) is 10.8. The first kappa shape index (κ1) is 13.1. The average Bonchev–Trinajstić information content (AvgIpc) is 2.33. The summed E-state index contributed by atoms with van der Waals surface area (Å²) in [5, 5.41) is 9.65. The van der Waals surface area contributed by atoms with Crippen molar-refractivity contribution < 1.29 is 14.6 Å². The van der Waals surface area contributed by atoms with E-state index in [-0.39, 0.29) is 6.10 Å². The lowest BCUT2D eigenvalue weighted by Gasteiger charge is -2.37. The fraction of sp³-hybridized carbons (Fsp3) is 0.533. The fourth-order valence-electron chi connectivity index (χ4n) is 2.38. The van der Waals surface area contributed by atoms with Crippen LogP contribution in [0.4, 0.5) is 0 Å². The van der Waals surface area contributed by atoms with E-state index in [1.54, 1.807) is 0 Å². The van der Waals surface area contributed by atoms with Crippen LogP contribution >= 0.6 is 0 Å². The Morgan fingerprint density at radius 1 is 1.39 bits per heavy atom. The number of ether oxygens (including phenoxy) is 1. The molecule has 0 spiro atoms. The van der Waals surface area contributed by atoms with E-state index in [4.69, 9.17) is 4.74 Å². The van der Waals surface area contributed by atoms with Gasteiger partial charge in [0.15, 0.2) is 5.60 Å². The molecular formula is C15H20O3. The summed E-state index contributed by atoms with van der Waals surface area (Å²) in [6.45, 7) is 1.99. The predicted molar refractivity (Wildman–Crippen MR) is 69.4 cm³/mol. The van der Waals surface area contributed by atoms with E-state index in [0.717, 1.165) is 31.2 Å². The Morgan fingerprint density at radius 2 is 2.06 bits per heavy atom. The molecule has 1 N–H and O–H groups in total. The van der Waals surface area contributed by atoms with Gasteiger partial charge in [-0.25, -0.2) is 4.79 Å². The number of benzene rings is 1. The maximum Gasteiger partial charge on any atom is 0.340 e. The van der Waals surface area contributed by atoms with E-state index >= 15 is 0 Å². The van der Waals surface area contributed by atoms with E-state index in [9.17, 15) is 9.90 Å². The standard InChI is InChI=1S/C15H20O3/c1-2-11-15(14(16)17,18-13-9-6-10-13)12-7-4-3-5-8-12/h3-5,7-8,13H,2,6,9-11H2,1H3,(H,16,17). The van der Waals surface area contributed by atoms with Crippen LogP contribution < -0.4 is 0 Å². The van der Waals surface area contributed by atoms with Crippen LogP contribution in [0, 0.1) is 0 Å². The molecule has 1 aromatic carbocycles. The minimum Gasteiger partial charge on any atom is -0.479 e. The van der Waals surface area contributed by atoms with Gasteiger partial charge in [0.25, 0.3) is 0 Å². The lowest BCUT2D eigenvalue weighted by Crippen LogP contribution is -2.43. The second-order valence-corrected chi connectivity index (χ2v) is 4.92. The molecule has 0 amide bonds. The highest BCUT2D eigenvalue weighted by Gasteiger charge is 2.43. The Morgan fingerprint density at radius 3 is 2.50 bits per heavy atom. The van der Waals surface area contributed by atoms with Crippen LogP contribution in [0.5, 0.6) is 0 Å². The third-order valence-electron chi connectivity index (χ3n) is 3.61. The maximum atomic E-state index is 11.8. The van der Waals surface area contributed by atoms with Gasteiger partial charge in [-0.3, -0.25) is 0 Å². The Balaban J connectivity index is 2.32. The highest BCUT2D eigenvalue weighted by Crippen LogP contribution is 2.37. The Labute approximate surface area is 108 Å². The molecule has 2 rings (SSSR count). The molecule has 0 saturated heterocycles. The topological polar surface area (TPSA) is 46.5 Å². The van der Waals surface area contributed by atoms with Gasteiger partial charge in [0.2, 0.25) is 0 Å². The second kappa shape index (κ2) is 5.53. The van der Waals surface area contributed by atoms with E-state index < -0.39 is 11.6 Å². The number of aliphatic carboxylic acids is 1. The summed E-state index contributed by atoms with van der Waals surface area (Å²) in [5.74, 6) is -0.873. The Hall–Kier alpha value is -1.35. The van der Waals surface area contributed by atoms with E-state index in [2.05, 4.69) is 0 Å². The van der Waals surface area contributed by atoms with Crippen molar-refractivity contribution in [3.05, 3.63) is 35.9 Å². The van der Waals surface area contributed by atoms with Crippen LogP contribution in [0.2, 0.25) is 0 Å². The summed E-state index contributed by atoms with van der Waals surface area (Å²) in [6, 6.07) is 9.33. The van der Waals surface area contributed by atoms with E-state index in [1.807, 2.05) is 37.3 Å². The number of carboxylic acid groups (broad SMARTS) is 1. The molecule has 0 heterocycles. The molecule has 1 aliphatic carbocycles. The largest absolute Gasteiger partial charge is 0.479 e. The quantitative estimate of drug-likeness (QED) is 0.839. The molecule has 1 fully saturated rings. The fourth-order valence-corrected chi connectivity index (χ4v) is 2.38. The molecule has 0 aromatic heterocycles. The van der Waals surface area contributed by atoms with Crippen molar-refractivity contribution in [2.24, 2.45) is 0 Å². The van der Waals surface area contributed by atoms with Crippen molar-refractivity contribution in [3.63, 3.8) is 0 Å². The van der Waals surface area contributed by atoms with Gasteiger partial charge in [-0.1, -0.05) is 43.7 Å². The normalized spacial score (nSPS) is 18.9. The lowest BCUT2D eigenvalue weighted by molar-refractivity contribution is -0.185. The summed E-state index contributed by atoms with van der Waals surface area (Å²) in [4.78, 5) is 11.8. The van der Waals surface area contributed by atoms with Crippen LogP contribution in [-0.2, 0) is 15.1 Å². The molecule has 18 heavy (non-hydrogen) atoms. The zero-order valence-corrected chi connectivity index (χ0v) is 10.8. The van der Waals surface area contributed by atoms with Crippen LogP contribution in [0.15, 0.2) is 30.3 Å². The molecule has 1 atom stereocenters. The number of carbonyl (C=O) groups is 1. The molecule has 1 saturated carbocycles. The van der Waals surface area contributed by atoms with E-state index in [0.29, 0.717) is 6.42 Å². The van der Waals surface area contributed by atoms with Gasteiger partial charge in [-0.15, -0.1) is 0 Å². The van der Waals surface area contributed by atoms with Gasteiger partial charge in [0.1, 0.15) is 0 Å². The van der Waals surface area contributed by atoms with Gasteiger partial charge in [0, 0.05) is 0 Å². The van der Waals surface area contributed by atoms with Crippen molar-refractivity contribution in [2.45, 2.75) is 50.7 Å². The van der Waals surface area contributed by atoms with Crippen molar-refractivity contribution in [2.75, 3.05) is 0 Å². The van der Waals surface area contributed by atoms with Crippen LogP contribution in [0.1, 0.15) is 44.6 Å². The first-order chi connectivity index (χ1) is 8.69. The average molecular weight is 248 g/mol. The molecule has 1 unspecified atom stereocenters. The van der Waals surface area contributed by atoms with Crippen molar-refractivity contribution in [1.29, 1.82) is 0 Å². The van der Waals surface area contributed by atoms with Gasteiger partial charge < -0.3 is 9.84 Å². The molecule has 0 radical (unpaired) electrons. The zero-order chi connectivity index (χ0) is 13.0. The van der Waals surface area contributed by atoms with E-state index in [1.165, 1.54) is 0 Å². The van der Waals surface area contributed by atoms with Crippen LogP contribution in [0.3, 0.4) is 0 Å². The maximum absolute atomic E-state index is 11.8. The highest BCUT2D eigenvalue weighted by atomic mass is 16.5.